The molecule has 134 valence electrons. The number of ether oxygens (including phenoxy) is 1. The lowest BCUT2D eigenvalue weighted by atomic mass is 10.1. The highest BCUT2D eigenvalue weighted by molar-refractivity contribution is 7.13. The fraction of sp³-hybridized carbons (Fsp3) is 0.389. The number of anilines is 1. The molecule has 0 spiro atoms. The van der Waals surface area contributed by atoms with Gasteiger partial charge in [-0.05, 0) is 32.4 Å². The van der Waals surface area contributed by atoms with Crippen LogP contribution >= 0.6 is 11.3 Å². The zero-order chi connectivity index (χ0) is 18.1. The van der Waals surface area contributed by atoms with Gasteiger partial charge in [-0.3, -0.25) is 9.59 Å². The molecule has 2 rings (SSSR count). The van der Waals surface area contributed by atoms with Crippen LogP contribution < -0.4 is 5.32 Å². The van der Waals surface area contributed by atoms with Gasteiger partial charge in [0.15, 0.2) is 5.13 Å². The minimum Gasteiger partial charge on any atom is -0.382 e. The second-order valence-corrected chi connectivity index (χ2v) is 6.42. The molecule has 6 nitrogen and oxygen atoms in total. The Morgan fingerprint density at radius 1 is 1.28 bits per heavy atom. The number of carbonyl (C=O) groups is 2. The minimum absolute atomic E-state index is 0.0155. The molecule has 0 aliphatic rings. The van der Waals surface area contributed by atoms with Crippen molar-refractivity contribution in [3.8, 4) is 0 Å². The van der Waals surface area contributed by atoms with E-state index in [-0.39, 0.29) is 18.4 Å². The first-order chi connectivity index (χ1) is 12.1. The monoisotopic (exact) mass is 361 g/mol. The van der Waals surface area contributed by atoms with Crippen LogP contribution in [-0.2, 0) is 9.53 Å². The van der Waals surface area contributed by atoms with Gasteiger partial charge in [-0.1, -0.05) is 17.7 Å². The maximum Gasteiger partial charge on any atom is 0.254 e. The van der Waals surface area contributed by atoms with Crippen LogP contribution in [-0.4, -0.2) is 48.0 Å². The predicted octanol–water partition coefficient (Wildman–Crippen LogP) is 2.96. The summed E-state index contributed by atoms with van der Waals surface area (Å²) in [4.78, 5) is 30.6. The predicted molar refractivity (Wildman–Crippen MR) is 98.9 cm³/mol. The molecule has 0 unspecified atom stereocenters. The van der Waals surface area contributed by atoms with Crippen molar-refractivity contribution in [1.82, 2.24) is 9.88 Å². The number of aryl methyl sites for hydroxylation is 1. The third-order valence-corrected chi connectivity index (χ3v) is 4.21. The first-order valence-electron chi connectivity index (χ1n) is 8.23. The Hall–Kier alpha value is -2.25. The first-order valence-corrected chi connectivity index (χ1v) is 9.11. The Kier molecular flexibility index (Phi) is 7.56. The molecular formula is C18H23N3O3S. The highest BCUT2D eigenvalue weighted by Gasteiger charge is 2.19. The number of nitrogens with one attached hydrogen (secondary N) is 1. The van der Waals surface area contributed by atoms with Crippen LogP contribution in [0.3, 0.4) is 0 Å². The van der Waals surface area contributed by atoms with Gasteiger partial charge in [-0.15, -0.1) is 11.3 Å². The number of nitrogens with zero attached hydrogens (tertiary/aromatic N) is 2. The Labute approximate surface area is 151 Å². The molecule has 1 aromatic heterocycles. The van der Waals surface area contributed by atoms with E-state index in [1.807, 2.05) is 26.0 Å². The topological polar surface area (TPSA) is 71.5 Å². The standard InChI is InChI=1S/C18H23N3O3S/c1-3-24-11-4-10-21(13-16(22)20-18-19-9-12-25-18)17(23)15-7-5-14(2)6-8-15/h5-9,12H,3-4,10-11,13H2,1-2H3,(H,19,20,22). The van der Waals surface area contributed by atoms with E-state index in [0.29, 0.717) is 36.9 Å². The molecule has 0 aliphatic carbocycles. The summed E-state index contributed by atoms with van der Waals surface area (Å²) in [5.41, 5.74) is 1.66. The van der Waals surface area contributed by atoms with E-state index in [1.165, 1.54) is 11.3 Å². The van der Waals surface area contributed by atoms with Crippen molar-refractivity contribution in [3.63, 3.8) is 0 Å². The van der Waals surface area contributed by atoms with Crippen LogP contribution in [0.2, 0.25) is 0 Å². The van der Waals surface area contributed by atoms with Gasteiger partial charge in [0.2, 0.25) is 5.91 Å². The van der Waals surface area contributed by atoms with E-state index < -0.39 is 0 Å². The molecule has 0 fully saturated rings. The average Bonchev–Trinajstić information content (AvgIpc) is 3.10. The number of rotatable bonds is 9. The number of aromatic nitrogens is 1. The summed E-state index contributed by atoms with van der Waals surface area (Å²) < 4.78 is 5.33. The SMILES string of the molecule is CCOCCCN(CC(=O)Nc1nccs1)C(=O)c1ccc(C)cc1. The van der Waals surface area contributed by atoms with Crippen LogP contribution in [0.1, 0.15) is 29.3 Å². The maximum absolute atomic E-state index is 12.7. The summed E-state index contributed by atoms with van der Waals surface area (Å²) in [6.45, 7) is 5.53. The highest BCUT2D eigenvalue weighted by atomic mass is 32.1. The van der Waals surface area contributed by atoms with Gasteiger partial charge in [-0.25, -0.2) is 4.98 Å². The van der Waals surface area contributed by atoms with Crippen LogP contribution in [0.25, 0.3) is 0 Å². The lowest BCUT2D eigenvalue weighted by molar-refractivity contribution is -0.116. The zero-order valence-corrected chi connectivity index (χ0v) is 15.3. The van der Waals surface area contributed by atoms with Crippen molar-refractivity contribution in [1.29, 1.82) is 0 Å². The van der Waals surface area contributed by atoms with Crippen molar-refractivity contribution >= 4 is 28.3 Å². The normalized spacial score (nSPS) is 10.5. The summed E-state index contributed by atoms with van der Waals surface area (Å²) in [5, 5.41) is 5.03. The second kappa shape index (κ2) is 9.90. The maximum atomic E-state index is 12.7. The number of carbonyl (C=O) groups excluding carboxylic acids is 2. The fourth-order valence-corrected chi connectivity index (χ4v) is 2.80. The van der Waals surface area contributed by atoms with Crippen molar-refractivity contribution in [2.75, 3.05) is 31.6 Å². The molecule has 0 bridgehead atoms. The van der Waals surface area contributed by atoms with Crippen molar-refractivity contribution in [2.24, 2.45) is 0 Å². The fourth-order valence-electron chi connectivity index (χ4n) is 2.25. The lowest BCUT2D eigenvalue weighted by Crippen LogP contribution is -2.39. The Balaban J connectivity index is 2.01. The lowest BCUT2D eigenvalue weighted by Gasteiger charge is -2.22. The minimum atomic E-state index is -0.258. The van der Waals surface area contributed by atoms with E-state index in [9.17, 15) is 9.59 Å². The molecule has 0 radical (unpaired) electrons. The molecule has 0 saturated heterocycles. The van der Waals surface area contributed by atoms with Gasteiger partial charge in [0, 0.05) is 36.9 Å². The van der Waals surface area contributed by atoms with Crippen LogP contribution in [0.4, 0.5) is 5.13 Å². The molecule has 7 heteroatoms. The van der Waals surface area contributed by atoms with Crippen LogP contribution in [0.15, 0.2) is 35.8 Å². The van der Waals surface area contributed by atoms with E-state index in [1.54, 1.807) is 28.6 Å². The third kappa shape index (κ3) is 6.28. The van der Waals surface area contributed by atoms with E-state index in [4.69, 9.17) is 4.74 Å². The highest BCUT2D eigenvalue weighted by Crippen LogP contribution is 2.11. The molecule has 2 aromatic rings. The van der Waals surface area contributed by atoms with Crippen LogP contribution in [0.5, 0.6) is 0 Å². The number of amides is 2. The molecule has 1 aromatic carbocycles. The van der Waals surface area contributed by atoms with Gasteiger partial charge in [0.1, 0.15) is 6.54 Å². The summed E-state index contributed by atoms with van der Waals surface area (Å²) >= 11 is 1.34. The third-order valence-electron chi connectivity index (χ3n) is 3.52. The summed E-state index contributed by atoms with van der Waals surface area (Å²) in [6.07, 6.45) is 2.30. The molecule has 0 aliphatic heterocycles. The average molecular weight is 361 g/mol. The number of hydrogen-bond acceptors (Lipinski definition) is 5. The molecule has 0 atom stereocenters. The van der Waals surface area contributed by atoms with Gasteiger partial charge in [0.25, 0.3) is 5.91 Å². The quantitative estimate of drug-likeness (QED) is 0.697. The molecular weight excluding hydrogens is 338 g/mol. The summed E-state index contributed by atoms with van der Waals surface area (Å²) in [5.74, 6) is -0.419. The van der Waals surface area contributed by atoms with Gasteiger partial charge in [-0.2, -0.15) is 0 Å². The number of hydrogen-bond donors (Lipinski definition) is 1. The largest absolute Gasteiger partial charge is 0.382 e. The van der Waals surface area contributed by atoms with Gasteiger partial charge >= 0.3 is 0 Å². The molecule has 0 saturated carbocycles. The second-order valence-electron chi connectivity index (χ2n) is 5.53. The number of thiazole rings is 1. The molecule has 25 heavy (non-hydrogen) atoms. The molecule has 2 amide bonds. The van der Waals surface area contributed by atoms with Crippen molar-refractivity contribution in [2.45, 2.75) is 20.3 Å². The van der Waals surface area contributed by atoms with Crippen molar-refractivity contribution in [3.05, 3.63) is 47.0 Å². The summed E-state index contributed by atoms with van der Waals surface area (Å²) in [6, 6.07) is 7.35. The first kappa shape index (κ1) is 19.1. The van der Waals surface area contributed by atoms with E-state index in [0.717, 1.165) is 5.56 Å². The van der Waals surface area contributed by atoms with E-state index >= 15 is 0 Å². The Bertz CT molecular complexity index is 671. The van der Waals surface area contributed by atoms with E-state index in [2.05, 4.69) is 10.3 Å². The van der Waals surface area contributed by atoms with Crippen LogP contribution in [0, 0.1) is 6.92 Å². The zero-order valence-electron chi connectivity index (χ0n) is 14.5. The Morgan fingerprint density at radius 2 is 2.04 bits per heavy atom. The molecule has 1 N–H and O–H groups in total. The van der Waals surface area contributed by atoms with Gasteiger partial charge < -0.3 is 15.0 Å². The Morgan fingerprint density at radius 3 is 2.68 bits per heavy atom. The smallest absolute Gasteiger partial charge is 0.254 e. The molecule has 1 heterocycles. The number of benzene rings is 1. The van der Waals surface area contributed by atoms with Crippen molar-refractivity contribution < 1.29 is 14.3 Å². The summed E-state index contributed by atoms with van der Waals surface area (Å²) in [7, 11) is 0. The van der Waals surface area contributed by atoms with Gasteiger partial charge in [0.05, 0.1) is 0 Å².